The van der Waals surface area contributed by atoms with Crippen molar-refractivity contribution in [3.05, 3.63) is 70.6 Å². The molecule has 2 N–H and O–H groups in total. The van der Waals surface area contributed by atoms with E-state index in [2.05, 4.69) is 15.5 Å². The second-order valence-corrected chi connectivity index (χ2v) is 6.54. The number of carbonyl (C=O) groups excluding carboxylic acids is 1. The molecule has 0 bridgehead atoms. The lowest BCUT2D eigenvalue weighted by Gasteiger charge is -2.09. The van der Waals surface area contributed by atoms with Crippen LogP contribution in [0.5, 0.6) is 0 Å². The molecule has 1 fully saturated rings. The third-order valence-electron chi connectivity index (χ3n) is 4.22. The first-order valence-corrected chi connectivity index (χ1v) is 8.41. The first-order chi connectivity index (χ1) is 12.1. The Labute approximate surface area is 149 Å². The van der Waals surface area contributed by atoms with E-state index in [1.54, 1.807) is 18.2 Å². The molecule has 1 aliphatic carbocycles. The van der Waals surface area contributed by atoms with Gasteiger partial charge in [-0.1, -0.05) is 29.8 Å². The normalized spacial score (nSPS) is 13.7. The average Bonchev–Trinajstić information content (AvgIpc) is 3.37. The molecule has 0 radical (unpaired) electrons. The van der Waals surface area contributed by atoms with Crippen molar-refractivity contribution in [3.8, 4) is 11.3 Å². The molecule has 6 heteroatoms. The number of rotatable bonds is 4. The highest BCUT2D eigenvalue weighted by Crippen LogP contribution is 2.45. The molecule has 25 heavy (non-hydrogen) atoms. The van der Waals surface area contributed by atoms with E-state index in [-0.39, 0.29) is 11.5 Å². The maximum Gasteiger partial charge on any atom is 0.255 e. The lowest BCUT2D eigenvalue weighted by molar-refractivity contribution is 0.102. The van der Waals surface area contributed by atoms with E-state index in [4.69, 9.17) is 11.6 Å². The SMILES string of the molecule is O=C(Nc1c(-c2ccc(Cl)cc2)n[nH]c1C1CC1)c1cccc(F)c1. The Morgan fingerprint density at radius 1 is 1.20 bits per heavy atom. The number of benzene rings is 2. The van der Waals surface area contributed by atoms with Gasteiger partial charge >= 0.3 is 0 Å². The first kappa shape index (κ1) is 15.8. The van der Waals surface area contributed by atoms with Crippen LogP contribution in [0.15, 0.2) is 48.5 Å². The number of anilines is 1. The fourth-order valence-corrected chi connectivity index (χ4v) is 2.91. The highest BCUT2D eigenvalue weighted by Gasteiger charge is 2.31. The summed E-state index contributed by atoms with van der Waals surface area (Å²) in [7, 11) is 0. The molecule has 0 unspecified atom stereocenters. The summed E-state index contributed by atoms with van der Waals surface area (Å²) in [6.07, 6.45) is 2.12. The van der Waals surface area contributed by atoms with Gasteiger partial charge in [0.25, 0.3) is 5.91 Å². The lowest BCUT2D eigenvalue weighted by Crippen LogP contribution is -2.13. The zero-order chi connectivity index (χ0) is 17.4. The quantitative estimate of drug-likeness (QED) is 0.692. The van der Waals surface area contributed by atoms with E-state index in [0.717, 1.165) is 24.1 Å². The van der Waals surface area contributed by atoms with Crippen LogP contribution < -0.4 is 5.32 Å². The largest absolute Gasteiger partial charge is 0.319 e. The molecule has 4 rings (SSSR count). The summed E-state index contributed by atoms with van der Waals surface area (Å²) in [4.78, 5) is 12.6. The van der Waals surface area contributed by atoms with Gasteiger partial charge in [-0.05, 0) is 43.2 Å². The van der Waals surface area contributed by atoms with Gasteiger partial charge in [-0.25, -0.2) is 4.39 Å². The minimum Gasteiger partial charge on any atom is -0.319 e. The number of hydrogen-bond acceptors (Lipinski definition) is 2. The second kappa shape index (κ2) is 6.33. The zero-order valence-corrected chi connectivity index (χ0v) is 14.0. The molecular weight excluding hydrogens is 341 g/mol. The van der Waals surface area contributed by atoms with E-state index in [9.17, 15) is 9.18 Å². The maximum absolute atomic E-state index is 13.4. The van der Waals surface area contributed by atoms with Crippen molar-refractivity contribution in [1.29, 1.82) is 0 Å². The Hall–Kier alpha value is -2.66. The standard InChI is InChI=1S/C19H15ClFN3O/c20-14-8-6-12(7-9-14)17-18(16(23-24-17)11-4-5-11)22-19(25)13-2-1-3-15(21)10-13/h1-3,6-11H,4-5H2,(H,22,25)(H,23,24). The number of aromatic amines is 1. The van der Waals surface area contributed by atoms with Gasteiger partial charge in [0.15, 0.2) is 0 Å². The number of nitrogens with one attached hydrogen (secondary N) is 2. The number of carbonyl (C=O) groups is 1. The summed E-state index contributed by atoms with van der Waals surface area (Å²) in [6, 6.07) is 12.9. The topological polar surface area (TPSA) is 57.8 Å². The summed E-state index contributed by atoms with van der Waals surface area (Å²) >= 11 is 5.95. The van der Waals surface area contributed by atoms with Crippen molar-refractivity contribution >= 4 is 23.2 Å². The van der Waals surface area contributed by atoms with Crippen molar-refractivity contribution in [2.45, 2.75) is 18.8 Å². The summed E-state index contributed by atoms with van der Waals surface area (Å²) in [5.41, 5.74) is 3.34. The Kier molecular flexibility index (Phi) is 4.01. The summed E-state index contributed by atoms with van der Waals surface area (Å²) in [5.74, 6) is -0.436. The molecule has 3 aromatic rings. The maximum atomic E-state index is 13.4. The molecule has 0 atom stereocenters. The lowest BCUT2D eigenvalue weighted by atomic mass is 10.1. The molecule has 126 valence electrons. The Morgan fingerprint density at radius 2 is 1.96 bits per heavy atom. The third kappa shape index (κ3) is 3.28. The number of amides is 1. The van der Waals surface area contributed by atoms with Gasteiger partial charge < -0.3 is 5.32 Å². The number of halogens is 2. The summed E-state index contributed by atoms with van der Waals surface area (Å²) < 4.78 is 13.4. The second-order valence-electron chi connectivity index (χ2n) is 6.11. The fourth-order valence-electron chi connectivity index (χ4n) is 2.78. The summed E-state index contributed by atoms with van der Waals surface area (Å²) in [5, 5.41) is 11.0. The van der Waals surface area contributed by atoms with Crippen LogP contribution in [0, 0.1) is 5.82 Å². The van der Waals surface area contributed by atoms with Crippen molar-refractivity contribution in [2.24, 2.45) is 0 Å². The van der Waals surface area contributed by atoms with Crippen molar-refractivity contribution in [3.63, 3.8) is 0 Å². The summed E-state index contributed by atoms with van der Waals surface area (Å²) in [6.45, 7) is 0. The molecule has 0 saturated heterocycles. The van der Waals surface area contributed by atoms with Crippen molar-refractivity contribution in [2.75, 3.05) is 5.32 Å². The molecule has 1 heterocycles. The van der Waals surface area contributed by atoms with E-state index in [1.807, 2.05) is 12.1 Å². The zero-order valence-electron chi connectivity index (χ0n) is 13.2. The van der Waals surface area contributed by atoms with Crippen LogP contribution in [0.25, 0.3) is 11.3 Å². The predicted octanol–water partition coefficient (Wildman–Crippen LogP) is 5.00. The van der Waals surface area contributed by atoms with Gasteiger partial charge in [-0.15, -0.1) is 0 Å². The molecule has 4 nitrogen and oxygen atoms in total. The average molecular weight is 356 g/mol. The van der Waals surface area contributed by atoms with Gasteiger partial charge in [0, 0.05) is 22.1 Å². The minimum absolute atomic E-state index is 0.269. The van der Waals surface area contributed by atoms with E-state index >= 15 is 0 Å². The molecule has 0 spiro atoms. The van der Waals surface area contributed by atoms with Gasteiger partial charge in [0.2, 0.25) is 0 Å². The van der Waals surface area contributed by atoms with E-state index < -0.39 is 5.82 Å². The van der Waals surface area contributed by atoms with Crippen LogP contribution in [-0.4, -0.2) is 16.1 Å². The fraction of sp³-hybridized carbons (Fsp3) is 0.158. The number of nitrogens with zero attached hydrogens (tertiary/aromatic N) is 1. The highest BCUT2D eigenvalue weighted by molar-refractivity contribution is 6.30. The number of hydrogen-bond donors (Lipinski definition) is 2. The molecule has 2 aromatic carbocycles. The van der Waals surface area contributed by atoms with Crippen LogP contribution in [0.4, 0.5) is 10.1 Å². The number of aromatic nitrogens is 2. The van der Waals surface area contributed by atoms with Crippen molar-refractivity contribution in [1.82, 2.24) is 10.2 Å². The van der Waals surface area contributed by atoms with Crippen LogP contribution in [0.2, 0.25) is 5.02 Å². The molecule has 1 amide bonds. The monoisotopic (exact) mass is 355 g/mol. The predicted molar refractivity (Wildman–Crippen MR) is 95.4 cm³/mol. The Morgan fingerprint density at radius 3 is 2.64 bits per heavy atom. The Bertz CT molecular complexity index is 932. The minimum atomic E-state index is -0.444. The molecule has 1 aromatic heterocycles. The van der Waals surface area contributed by atoms with Crippen LogP contribution >= 0.6 is 11.6 Å². The first-order valence-electron chi connectivity index (χ1n) is 8.03. The molecular formula is C19H15ClFN3O. The number of H-pyrrole nitrogens is 1. The molecule has 1 aliphatic rings. The molecule has 0 aliphatic heterocycles. The van der Waals surface area contributed by atoms with Gasteiger partial charge in [0.05, 0.1) is 11.4 Å². The Balaban J connectivity index is 1.71. The molecule has 1 saturated carbocycles. The van der Waals surface area contributed by atoms with E-state index in [1.165, 1.54) is 18.2 Å². The van der Waals surface area contributed by atoms with Crippen LogP contribution in [0.1, 0.15) is 34.8 Å². The van der Waals surface area contributed by atoms with Gasteiger partial charge in [-0.2, -0.15) is 5.10 Å². The van der Waals surface area contributed by atoms with Crippen molar-refractivity contribution < 1.29 is 9.18 Å². The van der Waals surface area contributed by atoms with Gasteiger partial charge in [-0.3, -0.25) is 9.89 Å². The van der Waals surface area contributed by atoms with Crippen LogP contribution in [-0.2, 0) is 0 Å². The third-order valence-corrected chi connectivity index (χ3v) is 4.47. The van der Waals surface area contributed by atoms with E-state index in [0.29, 0.717) is 22.3 Å². The van der Waals surface area contributed by atoms with Crippen LogP contribution in [0.3, 0.4) is 0 Å². The van der Waals surface area contributed by atoms with Gasteiger partial charge in [0.1, 0.15) is 11.5 Å². The highest BCUT2D eigenvalue weighted by atomic mass is 35.5. The smallest absolute Gasteiger partial charge is 0.255 e.